The molecule has 1 N–H and O–H groups in total. The summed E-state index contributed by atoms with van der Waals surface area (Å²) in [7, 11) is 1.74. The molecule has 1 aromatic carbocycles. The van der Waals surface area contributed by atoms with Crippen LogP contribution in [0.15, 0.2) is 22.7 Å². The molecule has 1 unspecified atom stereocenters. The Bertz CT molecular complexity index is 480. The van der Waals surface area contributed by atoms with Gasteiger partial charge in [0.2, 0.25) is 0 Å². The summed E-state index contributed by atoms with van der Waals surface area (Å²) < 4.78 is 6.57. The van der Waals surface area contributed by atoms with Crippen molar-refractivity contribution in [2.75, 3.05) is 33.3 Å². The maximum absolute atomic E-state index is 5.36. The van der Waals surface area contributed by atoms with E-state index in [2.05, 4.69) is 44.7 Å². The van der Waals surface area contributed by atoms with Crippen LogP contribution in [0.4, 0.5) is 0 Å². The lowest BCUT2D eigenvalue weighted by molar-refractivity contribution is 0.134. The zero-order valence-corrected chi connectivity index (χ0v) is 14.9. The Balaban J connectivity index is 1.53. The van der Waals surface area contributed by atoms with E-state index < -0.39 is 0 Å². The highest BCUT2D eigenvalue weighted by Crippen LogP contribution is 2.29. The van der Waals surface area contributed by atoms with Crippen LogP contribution in [-0.4, -0.2) is 44.2 Å². The van der Waals surface area contributed by atoms with Crippen LogP contribution in [-0.2, 0) is 6.42 Å². The fraction of sp³-hybridized carbons (Fsp3) is 0.611. The number of hydrogen-bond acceptors (Lipinski definition) is 3. The van der Waals surface area contributed by atoms with Crippen molar-refractivity contribution in [2.45, 2.75) is 31.7 Å². The van der Waals surface area contributed by atoms with Crippen molar-refractivity contribution in [3.05, 3.63) is 34.7 Å². The quantitative estimate of drug-likeness (QED) is 0.885. The van der Waals surface area contributed by atoms with E-state index in [9.17, 15) is 0 Å². The Kier molecular flexibility index (Phi) is 5.77. The van der Waals surface area contributed by atoms with Gasteiger partial charge in [-0.25, -0.2) is 0 Å². The predicted octanol–water partition coefficient (Wildman–Crippen LogP) is 3.28. The third kappa shape index (κ3) is 4.03. The standard InChI is InChI=1S/C18H26BrN2O/c1-22-17-2-3-18(19)15(13-17)12-14-6-10-21(11-7-14)16-4-8-20-9-5-16/h2-4,13-14,16,20H,5-12H2,1H3. The Hall–Kier alpha value is -0.580. The monoisotopic (exact) mass is 365 g/mol. The molecule has 2 saturated heterocycles. The number of nitrogens with one attached hydrogen (secondary N) is 1. The number of likely N-dealkylation sites (tertiary alicyclic amines) is 1. The second-order valence-electron chi connectivity index (χ2n) is 6.44. The van der Waals surface area contributed by atoms with Crippen molar-refractivity contribution in [3.63, 3.8) is 0 Å². The number of nitrogens with zero attached hydrogens (tertiary/aromatic N) is 1. The number of rotatable bonds is 4. The second-order valence-corrected chi connectivity index (χ2v) is 7.29. The van der Waals surface area contributed by atoms with Gasteiger partial charge < -0.3 is 10.1 Å². The first-order valence-electron chi connectivity index (χ1n) is 8.37. The first-order chi connectivity index (χ1) is 10.8. The fourth-order valence-corrected chi connectivity index (χ4v) is 4.06. The van der Waals surface area contributed by atoms with Gasteiger partial charge in [-0.15, -0.1) is 0 Å². The van der Waals surface area contributed by atoms with Gasteiger partial charge in [0, 0.05) is 10.5 Å². The summed E-state index contributed by atoms with van der Waals surface area (Å²) in [4.78, 5) is 2.68. The first kappa shape index (κ1) is 16.3. The van der Waals surface area contributed by atoms with Gasteiger partial charge in [0.1, 0.15) is 5.75 Å². The largest absolute Gasteiger partial charge is 0.497 e. The third-order valence-corrected chi connectivity index (χ3v) is 5.80. The molecular weight excluding hydrogens is 340 g/mol. The van der Waals surface area contributed by atoms with Crippen LogP contribution in [0.1, 0.15) is 24.8 Å². The van der Waals surface area contributed by atoms with E-state index in [1.807, 2.05) is 6.07 Å². The highest BCUT2D eigenvalue weighted by molar-refractivity contribution is 9.10. The van der Waals surface area contributed by atoms with Crippen LogP contribution in [0.2, 0.25) is 0 Å². The summed E-state index contributed by atoms with van der Waals surface area (Å²) in [6.07, 6.45) is 7.49. The van der Waals surface area contributed by atoms with Crippen LogP contribution < -0.4 is 10.1 Å². The molecule has 0 spiro atoms. The minimum atomic E-state index is 0.700. The SMILES string of the molecule is COc1ccc(Br)c(CC2CCN(C3[CH]CNCC3)CC2)c1. The molecule has 2 fully saturated rings. The molecule has 1 aromatic rings. The number of hydrogen-bond donors (Lipinski definition) is 1. The van der Waals surface area contributed by atoms with E-state index >= 15 is 0 Å². The summed E-state index contributed by atoms with van der Waals surface area (Å²) in [5, 5.41) is 3.41. The molecule has 22 heavy (non-hydrogen) atoms. The van der Waals surface area contributed by atoms with Gasteiger partial charge in [-0.05, 0) is 88.0 Å². The highest BCUT2D eigenvalue weighted by Gasteiger charge is 2.26. The van der Waals surface area contributed by atoms with Crippen molar-refractivity contribution in [2.24, 2.45) is 5.92 Å². The van der Waals surface area contributed by atoms with E-state index in [4.69, 9.17) is 4.74 Å². The van der Waals surface area contributed by atoms with Crippen LogP contribution in [0.3, 0.4) is 0 Å². The molecule has 121 valence electrons. The lowest BCUT2D eigenvalue weighted by Crippen LogP contribution is -2.47. The Labute approximate surface area is 142 Å². The Morgan fingerprint density at radius 1 is 1.27 bits per heavy atom. The molecule has 3 rings (SSSR count). The second kappa shape index (κ2) is 7.80. The summed E-state index contributed by atoms with van der Waals surface area (Å²) in [5.74, 6) is 1.75. The van der Waals surface area contributed by atoms with Crippen molar-refractivity contribution >= 4 is 15.9 Å². The minimum Gasteiger partial charge on any atom is -0.497 e. The number of ether oxygens (including phenoxy) is 1. The number of benzene rings is 1. The lowest BCUT2D eigenvalue weighted by Gasteiger charge is -2.39. The van der Waals surface area contributed by atoms with Gasteiger partial charge in [-0.1, -0.05) is 15.9 Å². The summed E-state index contributed by atoms with van der Waals surface area (Å²) in [6.45, 7) is 4.72. The zero-order chi connectivity index (χ0) is 15.4. The molecule has 2 heterocycles. The van der Waals surface area contributed by atoms with Crippen molar-refractivity contribution in [1.29, 1.82) is 0 Å². The molecule has 4 heteroatoms. The van der Waals surface area contributed by atoms with Gasteiger partial charge in [-0.3, -0.25) is 4.90 Å². The minimum absolute atomic E-state index is 0.700. The molecule has 1 atom stereocenters. The maximum Gasteiger partial charge on any atom is 0.119 e. The average molecular weight is 366 g/mol. The Morgan fingerprint density at radius 3 is 2.77 bits per heavy atom. The molecule has 0 amide bonds. The molecule has 0 aliphatic carbocycles. The van der Waals surface area contributed by atoms with E-state index in [0.29, 0.717) is 6.04 Å². The highest BCUT2D eigenvalue weighted by atomic mass is 79.9. The smallest absolute Gasteiger partial charge is 0.119 e. The average Bonchev–Trinajstić information content (AvgIpc) is 2.58. The maximum atomic E-state index is 5.36. The van der Waals surface area contributed by atoms with Gasteiger partial charge >= 0.3 is 0 Å². The van der Waals surface area contributed by atoms with Crippen LogP contribution in [0.25, 0.3) is 0 Å². The number of piperidine rings is 2. The first-order valence-corrected chi connectivity index (χ1v) is 9.16. The molecule has 3 nitrogen and oxygen atoms in total. The van der Waals surface area contributed by atoms with E-state index in [-0.39, 0.29) is 0 Å². The van der Waals surface area contributed by atoms with Gasteiger partial charge in [0.05, 0.1) is 7.11 Å². The molecule has 0 aromatic heterocycles. The number of methoxy groups -OCH3 is 1. The Morgan fingerprint density at radius 2 is 2.09 bits per heavy atom. The van der Waals surface area contributed by atoms with E-state index in [1.54, 1.807) is 7.11 Å². The van der Waals surface area contributed by atoms with E-state index in [0.717, 1.165) is 31.2 Å². The summed E-state index contributed by atoms with van der Waals surface area (Å²) in [5.41, 5.74) is 1.38. The molecule has 2 aliphatic rings. The van der Waals surface area contributed by atoms with E-state index in [1.165, 1.54) is 42.4 Å². The van der Waals surface area contributed by atoms with Crippen LogP contribution in [0.5, 0.6) is 5.75 Å². The molecule has 1 radical (unpaired) electrons. The van der Waals surface area contributed by atoms with Crippen molar-refractivity contribution in [1.82, 2.24) is 10.2 Å². The zero-order valence-electron chi connectivity index (χ0n) is 13.4. The van der Waals surface area contributed by atoms with Crippen LogP contribution >= 0.6 is 15.9 Å². The molecule has 0 bridgehead atoms. The van der Waals surface area contributed by atoms with Gasteiger partial charge in [-0.2, -0.15) is 0 Å². The summed E-state index contributed by atoms with van der Waals surface area (Å²) >= 11 is 3.68. The molecule has 0 saturated carbocycles. The summed E-state index contributed by atoms with van der Waals surface area (Å²) in [6, 6.07) is 7.00. The fourth-order valence-electron chi connectivity index (χ4n) is 3.66. The predicted molar refractivity (Wildman–Crippen MR) is 94.3 cm³/mol. The van der Waals surface area contributed by atoms with Gasteiger partial charge in [0.15, 0.2) is 0 Å². The lowest BCUT2D eigenvalue weighted by atomic mass is 9.88. The van der Waals surface area contributed by atoms with Gasteiger partial charge in [0.25, 0.3) is 0 Å². The topological polar surface area (TPSA) is 24.5 Å². The number of halogens is 1. The normalized spacial score (nSPS) is 21.9. The van der Waals surface area contributed by atoms with Crippen LogP contribution in [0, 0.1) is 12.3 Å². The molecular formula is C18H26BrN2O. The van der Waals surface area contributed by atoms with Crippen molar-refractivity contribution in [3.8, 4) is 5.75 Å². The van der Waals surface area contributed by atoms with Crippen molar-refractivity contribution < 1.29 is 4.74 Å². The molecule has 2 aliphatic heterocycles. The third-order valence-electron chi connectivity index (χ3n) is 5.03.